The number of rotatable bonds is 28. The van der Waals surface area contributed by atoms with Crippen LogP contribution in [-0.4, -0.2) is 43.6 Å². The first kappa shape index (κ1) is 40.4. The van der Waals surface area contributed by atoms with Crippen molar-refractivity contribution in [3.05, 3.63) is 0 Å². The number of nitrogens with two attached hydrogens (primary N) is 1. The van der Waals surface area contributed by atoms with Gasteiger partial charge in [0, 0.05) is 19.6 Å². The van der Waals surface area contributed by atoms with E-state index in [1.54, 1.807) is 0 Å². The first-order valence-electron chi connectivity index (χ1n) is 16.4. The van der Waals surface area contributed by atoms with Gasteiger partial charge in [0.15, 0.2) is 5.96 Å². The summed E-state index contributed by atoms with van der Waals surface area (Å²) in [4.78, 5) is 25.2. The lowest BCUT2D eigenvalue weighted by molar-refractivity contribution is -0.123. The van der Waals surface area contributed by atoms with Crippen molar-refractivity contribution >= 4 is 30.3 Å². The Labute approximate surface area is 252 Å². The molecule has 238 valence electrons. The number of urea groups is 1. The van der Waals surface area contributed by atoms with Crippen molar-refractivity contribution in [3.8, 4) is 0 Å². The first-order valence-corrected chi connectivity index (χ1v) is 16.4. The number of halogens is 1. The van der Waals surface area contributed by atoms with E-state index in [-0.39, 0.29) is 30.3 Å². The van der Waals surface area contributed by atoms with Gasteiger partial charge in [-0.3, -0.25) is 10.2 Å². The molecule has 0 aromatic rings. The predicted molar refractivity (Wildman–Crippen MR) is 173 cm³/mol. The second kappa shape index (κ2) is 31.8. The molecule has 0 aromatic heterocycles. The Morgan fingerprint density at radius 2 is 0.950 bits per heavy atom. The number of amides is 3. The topological polar surface area (TPSA) is 132 Å². The van der Waals surface area contributed by atoms with Gasteiger partial charge in [-0.05, 0) is 25.7 Å². The number of unbranched alkanes of at least 4 members (excludes halogenated alkanes) is 18. The molecule has 0 rings (SSSR count). The van der Waals surface area contributed by atoms with Gasteiger partial charge in [-0.15, -0.1) is 12.4 Å². The molecule has 0 radical (unpaired) electrons. The van der Waals surface area contributed by atoms with Crippen LogP contribution in [0.3, 0.4) is 0 Å². The number of guanidine groups is 1. The van der Waals surface area contributed by atoms with Crippen LogP contribution in [0.1, 0.15) is 155 Å². The van der Waals surface area contributed by atoms with Crippen LogP contribution < -0.4 is 27.0 Å². The van der Waals surface area contributed by atoms with Crippen molar-refractivity contribution in [2.75, 3.05) is 19.6 Å². The molecule has 0 aromatic carbocycles. The van der Waals surface area contributed by atoms with Gasteiger partial charge in [0.2, 0.25) is 5.91 Å². The molecule has 0 aliphatic heterocycles. The van der Waals surface area contributed by atoms with Crippen LogP contribution in [-0.2, 0) is 4.79 Å². The van der Waals surface area contributed by atoms with Gasteiger partial charge < -0.3 is 27.0 Å². The highest BCUT2D eigenvalue weighted by Gasteiger charge is 2.20. The molecule has 0 saturated carbocycles. The second-order valence-corrected chi connectivity index (χ2v) is 11.1. The lowest BCUT2D eigenvalue weighted by Crippen LogP contribution is -2.50. The van der Waals surface area contributed by atoms with E-state index in [0.29, 0.717) is 32.5 Å². The first-order chi connectivity index (χ1) is 19.0. The minimum Gasteiger partial charge on any atom is -0.370 e. The lowest BCUT2D eigenvalue weighted by atomic mass is 10.0. The van der Waals surface area contributed by atoms with Gasteiger partial charge in [0.25, 0.3) is 0 Å². The molecule has 0 heterocycles. The van der Waals surface area contributed by atoms with Gasteiger partial charge in [-0.1, -0.05) is 129 Å². The third-order valence-electron chi connectivity index (χ3n) is 7.25. The zero-order valence-electron chi connectivity index (χ0n) is 26.1. The standard InChI is InChI=1S/C31H64N6O2.ClH/c1-3-5-7-9-11-12-13-14-15-16-17-18-20-22-26-36-31(39)37-28(24-23-27-35-30(32)33)29(38)34-25-21-19-10-8-6-4-2;/h28H,3-27H2,1-2H3,(H,34,38)(H4,32,33,35)(H2,36,37,39);1H. The van der Waals surface area contributed by atoms with Crippen molar-refractivity contribution in [2.24, 2.45) is 5.73 Å². The SMILES string of the molecule is CCCCCCCCCCCCCCCCNC(=O)NC(CCCNC(=N)N)C(=O)NCCCCCCCC.Cl. The van der Waals surface area contributed by atoms with Crippen LogP contribution in [0.15, 0.2) is 0 Å². The van der Waals surface area contributed by atoms with Gasteiger partial charge in [-0.25, -0.2) is 4.79 Å². The number of carbonyl (C=O) groups is 2. The zero-order chi connectivity index (χ0) is 28.8. The Bertz CT molecular complexity index is 594. The van der Waals surface area contributed by atoms with Crippen molar-refractivity contribution in [2.45, 2.75) is 161 Å². The predicted octanol–water partition coefficient (Wildman–Crippen LogP) is 7.30. The highest BCUT2D eigenvalue weighted by Crippen LogP contribution is 2.13. The smallest absolute Gasteiger partial charge is 0.315 e. The highest BCUT2D eigenvalue weighted by atomic mass is 35.5. The van der Waals surface area contributed by atoms with Crippen molar-refractivity contribution < 1.29 is 9.59 Å². The van der Waals surface area contributed by atoms with Gasteiger partial charge in [0.1, 0.15) is 6.04 Å². The summed E-state index contributed by atoms with van der Waals surface area (Å²) in [5.74, 6) is -0.226. The van der Waals surface area contributed by atoms with E-state index >= 15 is 0 Å². The quantitative estimate of drug-likeness (QED) is 0.0325. The summed E-state index contributed by atoms with van der Waals surface area (Å²) in [5, 5.41) is 18.8. The van der Waals surface area contributed by atoms with E-state index < -0.39 is 6.04 Å². The number of hydrogen-bond acceptors (Lipinski definition) is 3. The van der Waals surface area contributed by atoms with E-state index in [2.05, 4.69) is 35.1 Å². The van der Waals surface area contributed by atoms with Crippen LogP contribution >= 0.6 is 12.4 Å². The highest BCUT2D eigenvalue weighted by molar-refractivity contribution is 5.87. The Hall–Kier alpha value is -1.70. The third-order valence-corrected chi connectivity index (χ3v) is 7.25. The lowest BCUT2D eigenvalue weighted by Gasteiger charge is -2.19. The molecule has 1 unspecified atom stereocenters. The van der Waals surface area contributed by atoms with Crippen LogP contribution in [0, 0.1) is 5.41 Å². The van der Waals surface area contributed by atoms with E-state index in [9.17, 15) is 9.59 Å². The summed E-state index contributed by atoms with van der Waals surface area (Å²) in [7, 11) is 0. The summed E-state index contributed by atoms with van der Waals surface area (Å²) in [6.07, 6.45) is 26.5. The van der Waals surface area contributed by atoms with Crippen LogP contribution in [0.5, 0.6) is 0 Å². The molecule has 3 amide bonds. The summed E-state index contributed by atoms with van der Waals surface area (Å²) in [6.45, 7) is 6.23. The van der Waals surface area contributed by atoms with E-state index in [1.807, 2.05) is 0 Å². The molecular formula is C31H65ClN6O2. The van der Waals surface area contributed by atoms with E-state index in [4.69, 9.17) is 11.1 Å². The normalized spacial score (nSPS) is 11.3. The molecule has 0 fully saturated rings. The molecular weight excluding hydrogens is 524 g/mol. The fraction of sp³-hybridized carbons (Fsp3) is 0.903. The maximum Gasteiger partial charge on any atom is 0.315 e. The molecule has 7 N–H and O–H groups in total. The average Bonchev–Trinajstić information content (AvgIpc) is 2.91. The Morgan fingerprint density at radius 3 is 1.38 bits per heavy atom. The Morgan fingerprint density at radius 1 is 0.575 bits per heavy atom. The Balaban J connectivity index is 0. The molecule has 1 atom stereocenters. The van der Waals surface area contributed by atoms with E-state index in [1.165, 1.54) is 103 Å². The van der Waals surface area contributed by atoms with Crippen molar-refractivity contribution in [3.63, 3.8) is 0 Å². The van der Waals surface area contributed by atoms with Crippen molar-refractivity contribution in [1.29, 1.82) is 5.41 Å². The number of nitrogens with one attached hydrogen (secondary N) is 5. The second-order valence-electron chi connectivity index (χ2n) is 11.1. The molecule has 0 spiro atoms. The molecule has 9 heteroatoms. The summed E-state index contributed by atoms with van der Waals surface area (Å²) < 4.78 is 0. The third kappa shape index (κ3) is 29.3. The van der Waals surface area contributed by atoms with Crippen LogP contribution in [0.25, 0.3) is 0 Å². The molecule has 0 aliphatic carbocycles. The summed E-state index contributed by atoms with van der Waals surface area (Å²) in [5.41, 5.74) is 5.34. The van der Waals surface area contributed by atoms with Crippen molar-refractivity contribution in [1.82, 2.24) is 21.3 Å². The average molecular weight is 589 g/mol. The van der Waals surface area contributed by atoms with Crippen LogP contribution in [0.2, 0.25) is 0 Å². The number of hydrogen-bond donors (Lipinski definition) is 6. The molecule has 0 aliphatic rings. The van der Waals surface area contributed by atoms with Gasteiger partial charge >= 0.3 is 6.03 Å². The van der Waals surface area contributed by atoms with E-state index in [0.717, 1.165) is 25.7 Å². The van der Waals surface area contributed by atoms with Gasteiger partial charge in [0.05, 0.1) is 0 Å². The molecule has 0 bridgehead atoms. The fourth-order valence-corrected chi connectivity index (χ4v) is 4.77. The fourth-order valence-electron chi connectivity index (χ4n) is 4.77. The minimum atomic E-state index is -0.588. The molecule has 8 nitrogen and oxygen atoms in total. The zero-order valence-corrected chi connectivity index (χ0v) is 26.9. The van der Waals surface area contributed by atoms with Crippen LogP contribution in [0.4, 0.5) is 4.79 Å². The summed E-state index contributed by atoms with van der Waals surface area (Å²) >= 11 is 0. The largest absolute Gasteiger partial charge is 0.370 e. The number of carbonyl (C=O) groups excluding carboxylic acids is 2. The molecule has 0 saturated heterocycles. The Kier molecular flexibility index (Phi) is 32.2. The summed E-state index contributed by atoms with van der Waals surface area (Å²) in [6, 6.07) is -0.876. The molecule has 40 heavy (non-hydrogen) atoms. The maximum absolute atomic E-state index is 12.7. The van der Waals surface area contributed by atoms with Gasteiger partial charge in [-0.2, -0.15) is 0 Å². The maximum atomic E-state index is 12.7. The minimum absolute atomic E-state index is 0. The monoisotopic (exact) mass is 588 g/mol.